The van der Waals surface area contributed by atoms with E-state index < -0.39 is 6.16 Å². The predicted octanol–water partition coefficient (Wildman–Crippen LogP) is 7.66. The summed E-state index contributed by atoms with van der Waals surface area (Å²) in [4.78, 5) is 21.1. The van der Waals surface area contributed by atoms with Gasteiger partial charge in [-0.15, -0.1) is 0 Å². The van der Waals surface area contributed by atoms with E-state index in [9.17, 15) is 4.79 Å². The number of nitrogens with zero attached hydrogens (tertiary/aromatic N) is 3. The Morgan fingerprint density at radius 3 is 2.56 bits per heavy atom. The SMILES string of the molecule is CCCCCCOC(=O)OCOC1=Nc2cc(OCCCCN3CCN(c4cccc(Cl)c4Cl)CC3)ccc2CC1. The van der Waals surface area contributed by atoms with Crippen molar-refractivity contribution >= 4 is 46.6 Å². The molecule has 10 heteroatoms. The van der Waals surface area contributed by atoms with Gasteiger partial charge in [-0.25, -0.2) is 9.79 Å². The van der Waals surface area contributed by atoms with Crippen LogP contribution in [0.4, 0.5) is 16.2 Å². The molecule has 2 aliphatic heterocycles. The summed E-state index contributed by atoms with van der Waals surface area (Å²) < 4.78 is 21.7. The van der Waals surface area contributed by atoms with Gasteiger partial charge in [-0.1, -0.05) is 61.5 Å². The van der Waals surface area contributed by atoms with E-state index in [1.807, 2.05) is 30.3 Å². The Morgan fingerprint density at radius 1 is 0.902 bits per heavy atom. The zero-order valence-electron chi connectivity index (χ0n) is 23.9. The minimum Gasteiger partial charge on any atom is -0.494 e. The minimum absolute atomic E-state index is 0.207. The number of piperazine rings is 1. The Bertz CT molecular complexity index is 1150. The summed E-state index contributed by atoms with van der Waals surface area (Å²) in [5, 5.41) is 1.24. The molecule has 224 valence electrons. The molecule has 0 aromatic heterocycles. The molecule has 41 heavy (non-hydrogen) atoms. The molecule has 0 unspecified atom stereocenters. The van der Waals surface area contributed by atoms with Gasteiger partial charge in [-0.2, -0.15) is 0 Å². The third-order valence-corrected chi connectivity index (χ3v) is 8.12. The number of hydrogen-bond donors (Lipinski definition) is 0. The second kappa shape index (κ2) is 16.7. The standard InChI is InChI=1S/C31H41Cl2N3O5/c1-2-3-4-6-21-39-31(37)41-23-40-29-14-12-24-11-13-25(22-27(24)34-29)38-20-7-5-15-35-16-18-36(19-17-35)28-10-8-9-26(32)30(28)33/h8-11,13,22H,2-7,12,14-21,23H2,1H3. The number of carbonyl (C=O) groups excluding carboxylic acids is 1. The van der Waals surface area contributed by atoms with Gasteiger partial charge in [0.05, 0.1) is 34.6 Å². The van der Waals surface area contributed by atoms with Gasteiger partial charge in [-0.3, -0.25) is 4.90 Å². The van der Waals surface area contributed by atoms with Crippen LogP contribution in [-0.4, -0.2) is 69.7 Å². The summed E-state index contributed by atoms with van der Waals surface area (Å²) in [6.45, 7) is 7.88. The first-order chi connectivity index (χ1) is 20.0. The molecular formula is C31H41Cl2N3O5. The average Bonchev–Trinajstić information content (AvgIpc) is 2.98. The van der Waals surface area contributed by atoms with Crippen molar-refractivity contribution in [3.63, 3.8) is 0 Å². The number of hydrogen-bond acceptors (Lipinski definition) is 8. The lowest BCUT2D eigenvalue weighted by Crippen LogP contribution is -2.46. The summed E-state index contributed by atoms with van der Waals surface area (Å²) in [6, 6.07) is 11.8. The molecule has 1 saturated heterocycles. The maximum absolute atomic E-state index is 11.7. The Balaban J connectivity index is 1.11. The molecule has 8 nitrogen and oxygen atoms in total. The van der Waals surface area contributed by atoms with Crippen LogP contribution >= 0.6 is 23.2 Å². The fourth-order valence-electron chi connectivity index (χ4n) is 4.93. The minimum atomic E-state index is -0.710. The van der Waals surface area contributed by atoms with Gasteiger partial charge in [0, 0.05) is 38.7 Å². The molecule has 2 aromatic carbocycles. The molecule has 0 aliphatic carbocycles. The lowest BCUT2D eigenvalue weighted by atomic mass is 10.0. The highest BCUT2D eigenvalue weighted by molar-refractivity contribution is 6.43. The molecule has 0 bridgehead atoms. The van der Waals surface area contributed by atoms with Crippen molar-refractivity contribution in [3.05, 3.63) is 52.0 Å². The molecule has 1 fully saturated rings. The van der Waals surface area contributed by atoms with E-state index in [0.29, 0.717) is 35.6 Å². The monoisotopic (exact) mass is 605 g/mol. The topological polar surface area (TPSA) is 72.8 Å². The number of aliphatic imine (C=N–C) groups is 1. The fraction of sp³-hybridized carbons (Fsp3) is 0.548. The average molecular weight is 607 g/mol. The van der Waals surface area contributed by atoms with Gasteiger partial charge in [-0.05, 0) is 56.0 Å². The number of anilines is 1. The van der Waals surface area contributed by atoms with E-state index in [1.165, 1.54) is 0 Å². The zero-order valence-corrected chi connectivity index (χ0v) is 25.4. The summed E-state index contributed by atoms with van der Waals surface area (Å²) in [5.41, 5.74) is 3.00. The summed E-state index contributed by atoms with van der Waals surface area (Å²) in [7, 11) is 0. The van der Waals surface area contributed by atoms with Crippen LogP contribution < -0.4 is 9.64 Å². The molecule has 0 radical (unpaired) electrons. The van der Waals surface area contributed by atoms with Crippen molar-refractivity contribution in [2.75, 3.05) is 57.6 Å². The maximum atomic E-state index is 11.7. The number of halogens is 2. The Kier molecular flexibility index (Phi) is 12.7. The van der Waals surface area contributed by atoms with Crippen molar-refractivity contribution in [1.29, 1.82) is 0 Å². The highest BCUT2D eigenvalue weighted by atomic mass is 35.5. The van der Waals surface area contributed by atoms with E-state index in [4.69, 9.17) is 42.1 Å². The molecule has 0 N–H and O–H groups in total. The normalized spacial score (nSPS) is 15.2. The van der Waals surface area contributed by atoms with E-state index >= 15 is 0 Å². The van der Waals surface area contributed by atoms with Gasteiger partial charge in [0.25, 0.3) is 0 Å². The molecule has 0 spiro atoms. The molecule has 2 aromatic rings. The molecule has 2 heterocycles. The van der Waals surface area contributed by atoms with E-state index in [0.717, 1.165) is 100 Å². The van der Waals surface area contributed by atoms with Gasteiger partial charge in [0.1, 0.15) is 5.75 Å². The number of unbranched alkanes of at least 4 members (excludes halogenated alkanes) is 4. The highest BCUT2D eigenvalue weighted by Crippen LogP contribution is 2.33. The van der Waals surface area contributed by atoms with Gasteiger partial charge < -0.3 is 23.8 Å². The quantitative estimate of drug-likeness (QED) is 0.124. The van der Waals surface area contributed by atoms with Crippen LogP contribution in [0.15, 0.2) is 41.4 Å². The van der Waals surface area contributed by atoms with Crippen LogP contribution in [0.5, 0.6) is 5.75 Å². The number of carbonyl (C=O) groups is 1. The number of rotatable bonds is 14. The summed E-state index contributed by atoms with van der Waals surface area (Å²) >= 11 is 12.6. The first-order valence-electron chi connectivity index (χ1n) is 14.7. The first-order valence-corrected chi connectivity index (χ1v) is 15.5. The van der Waals surface area contributed by atoms with Crippen LogP contribution in [0.25, 0.3) is 0 Å². The molecule has 0 saturated carbocycles. The number of aryl methyl sites for hydroxylation is 1. The van der Waals surface area contributed by atoms with Crippen LogP contribution in [0, 0.1) is 0 Å². The van der Waals surface area contributed by atoms with Crippen molar-refractivity contribution in [1.82, 2.24) is 4.90 Å². The third kappa shape index (κ3) is 9.97. The van der Waals surface area contributed by atoms with Crippen LogP contribution in [-0.2, 0) is 20.6 Å². The number of ether oxygens (including phenoxy) is 4. The van der Waals surface area contributed by atoms with Gasteiger partial charge in [0.15, 0.2) is 5.90 Å². The second-order valence-corrected chi connectivity index (χ2v) is 11.1. The number of fused-ring (bicyclic) bond motifs is 1. The van der Waals surface area contributed by atoms with E-state index in [2.05, 4.69) is 27.8 Å². The first kappa shape index (κ1) is 31.3. The molecule has 4 rings (SSSR count). The number of benzene rings is 2. The van der Waals surface area contributed by atoms with Crippen molar-refractivity contribution in [2.24, 2.45) is 4.99 Å². The molecule has 2 aliphatic rings. The van der Waals surface area contributed by atoms with E-state index in [1.54, 1.807) is 0 Å². The fourth-order valence-corrected chi connectivity index (χ4v) is 5.35. The highest BCUT2D eigenvalue weighted by Gasteiger charge is 2.19. The smallest absolute Gasteiger partial charge is 0.494 e. The van der Waals surface area contributed by atoms with Gasteiger partial charge >= 0.3 is 6.16 Å². The van der Waals surface area contributed by atoms with Crippen molar-refractivity contribution in [2.45, 2.75) is 58.3 Å². The summed E-state index contributed by atoms with van der Waals surface area (Å²) in [5.74, 6) is 1.34. The zero-order chi connectivity index (χ0) is 28.9. The lowest BCUT2D eigenvalue weighted by molar-refractivity contribution is -0.00157. The Hall–Kier alpha value is -2.68. The summed E-state index contributed by atoms with van der Waals surface area (Å²) in [6.07, 6.45) is 6.96. The van der Waals surface area contributed by atoms with Crippen LogP contribution in [0.3, 0.4) is 0 Å². The predicted molar refractivity (Wildman–Crippen MR) is 164 cm³/mol. The van der Waals surface area contributed by atoms with Gasteiger partial charge in [0.2, 0.25) is 6.79 Å². The largest absolute Gasteiger partial charge is 0.511 e. The van der Waals surface area contributed by atoms with Crippen LogP contribution in [0.2, 0.25) is 10.0 Å². The van der Waals surface area contributed by atoms with Crippen molar-refractivity contribution < 1.29 is 23.7 Å². The third-order valence-electron chi connectivity index (χ3n) is 7.31. The molecule has 0 atom stereocenters. The van der Waals surface area contributed by atoms with Crippen LogP contribution in [0.1, 0.15) is 57.4 Å². The lowest BCUT2D eigenvalue weighted by Gasteiger charge is -2.36. The van der Waals surface area contributed by atoms with E-state index in [-0.39, 0.29) is 6.79 Å². The maximum Gasteiger partial charge on any atom is 0.511 e. The molecular weight excluding hydrogens is 565 g/mol. The second-order valence-electron chi connectivity index (χ2n) is 10.3. The Morgan fingerprint density at radius 2 is 1.73 bits per heavy atom. The van der Waals surface area contributed by atoms with Crippen molar-refractivity contribution in [3.8, 4) is 5.75 Å². The molecule has 0 amide bonds. The Labute approximate surface area is 253 Å².